The van der Waals surface area contributed by atoms with E-state index in [1.807, 2.05) is 0 Å². The first kappa shape index (κ1) is 13.4. The number of sulfone groups is 1. The van der Waals surface area contributed by atoms with Crippen molar-refractivity contribution in [2.45, 2.75) is 25.9 Å². The van der Waals surface area contributed by atoms with Gasteiger partial charge in [-0.3, -0.25) is 4.79 Å². The molecule has 94 valence electrons. The first-order valence-electron chi connectivity index (χ1n) is 5.31. The van der Waals surface area contributed by atoms with Crippen molar-refractivity contribution < 1.29 is 23.1 Å². The maximum Gasteiger partial charge on any atom is 0.306 e. The lowest BCUT2D eigenvalue weighted by Gasteiger charge is -2.21. The van der Waals surface area contributed by atoms with Crippen LogP contribution in [-0.2, 0) is 19.4 Å². The van der Waals surface area contributed by atoms with Gasteiger partial charge in [0.1, 0.15) is 0 Å². The zero-order valence-corrected chi connectivity index (χ0v) is 10.4. The number of hydrogen-bond acceptors (Lipinski definition) is 4. The highest BCUT2D eigenvalue weighted by Crippen LogP contribution is 2.29. The molecule has 0 aromatic heterocycles. The second-order valence-corrected chi connectivity index (χ2v) is 6.62. The molecule has 1 N–H and O–H groups in total. The molecule has 5 nitrogen and oxygen atoms in total. The van der Waals surface area contributed by atoms with E-state index < -0.39 is 21.7 Å². The summed E-state index contributed by atoms with van der Waals surface area (Å²) in [5.41, 5.74) is 0. The minimum absolute atomic E-state index is 0.000398. The molecule has 1 aliphatic heterocycles. The Hall–Kier alpha value is -0.620. The maximum absolute atomic E-state index is 11.3. The van der Waals surface area contributed by atoms with Gasteiger partial charge in [-0.05, 0) is 25.7 Å². The zero-order chi connectivity index (χ0) is 12.3. The van der Waals surface area contributed by atoms with E-state index in [1.54, 1.807) is 6.92 Å². The largest absolute Gasteiger partial charge is 0.481 e. The van der Waals surface area contributed by atoms with E-state index in [9.17, 15) is 13.2 Å². The summed E-state index contributed by atoms with van der Waals surface area (Å²) in [4.78, 5) is 11.1. The summed E-state index contributed by atoms with van der Waals surface area (Å²) in [6, 6.07) is 0. The summed E-state index contributed by atoms with van der Waals surface area (Å²) in [7, 11) is -1.50. The van der Waals surface area contributed by atoms with Crippen molar-refractivity contribution in [1.82, 2.24) is 0 Å². The van der Waals surface area contributed by atoms with Crippen molar-refractivity contribution in [3.8, 4) is 0 Å². The molecule has 3 unspecified atom stereocenters. The fourth-order valence-electron chi connectivity index (χ4n) is 2.09. The zero-order valence-electron chi connectivity index (χ0n) is 9.55. The molecule has 0 aliphatic carbocycles. The van der Waals surface area contributed by atoms with Crippen molar-refractivity contribution >= 4 is 15.8 Å². The van der Waals surface area contributed by atoms with E-state index in [2.05, 4.69) is 0 Å². The van der Waals surface area contributed by atoms with Gasteiger partial charge in [0.2, 0.25) is 0 Å². The third-order valence-electron chi connectivity index (χ3n) is 3.14. The molecule has 0 saturated carbocycles. The minimum atomic E-state index is -3.02. The van der Waals surface area contributed by atoms with E-state index in [0.717, 1.165) is 0 Å². The van der Waals surface area contributed by atoms with Gasteiger partial charge >= 0.3 is 5.97 Å². The number of aliphatic carboxylic acids is 1. The van der Waals surface area contributed by atoms with Crippen molar-refractivity contribution in [3.63, 3.8) is 0 Å². The number of carboxylic acid groups (broad SMARTS) is 1. The Bertz CT molecular complexity index is 348. The van der Waals surface area contributed by atoms with Gasteiger partial charge in [-0.2, -0.15) is 0 Å². The SMILES string of the molecule is COC(C)CC(C(=O)O)C1CCS(=O)(=O)C1. The third-order valence-corrected chi connectivity index (χ3v) is 4.94. The molecule has 1 heterocycles. The molecule has 0 bridgehead atoms. The van der Waals surface area contributed by atoms with E-state index in [4.69, 9.17) is 9.84 Å². The number of carboxylic acids is 1. The second kappa shape index (κ2) is 5.14. The molecule has 0 radical (unpaired) electrons. The van der Waals surface area contributed by atoms with Crippen molar-refractivity contribution in [3.05, 3.63) is 0 Å². The third kappa shape index (κ3) is 3.45. The normalized spacial score (nSPS) is 27.5. The highest BCUT2D eigenvalue weighted by atomic mass is 32.2. The van der Waals surface area contributed by atoms with Gasteiger partial charge < -0.3 is 9.84 Å². The average Bonchev–Trinajstić information content (AvgIpc) is 2.54. The molecule has 1 rings (SSSR count). The van der Waals surface area contributed by atoms with Crippen LogP contribution in [0.15, 0.2) is 0 Å². The molecule has 1 saturated heterocycles. The van der Waals surface area contributed by atoms with Crippen LogP contribution >= 0.6 is 0 Å². The minimum Gasteiger partial charge on any atom is -0.481 e. The van der Waals surface area contributed by atoms with E-state index >= 15 is 0 Å². The monoisotopic (exact) mass is 250 g/mol. The quantitative estimate of drug-likeness (QED) is 0.770. The van der Waals surface area contributed by atoms with Gasteiger partial charge in [0.05, 0.1) is 23.5 Å². The van der Waals surface area contributed by atoms with E-state index in [-0.39, 0.29) is 23.5 Å². The first-order chi connectivity index (χ1) is 7.35. The number of methoxy groups -OCH3 is 1. The molecule has 1 aliphatic rings. The highest BCUT2D eigenvalue weighted by molar-refractivity contribution is 7.91. The Morgan fingerprint density at radius 1 is 1.56 bits per heavy atom. The summed E-state index contributed by atoms with van der Waals surface area (Å²) in [6.07, 6.45) is 0.659. The highest BCUT2D eigenvalue weighted by Gasteiger charge is 2.37. The Kier molecular flexibility index (Phi) is 4.32. The molecule has 6 heteroatoms. The van der Waals surface area contributed by atoms with E-state index in [0.29, 0.717) is 12.8 Å². The fourth-order valence-corrected chi connectivity index (χ4v) is 3.97. The second-order valence-electron chi connectivity index (χ2n) is 4.39. The van der Waals surface area contributed by atoms with Gasteiger partial charge in [0, 0.05) is 7.11 Å². The van der Waals surface area contributed by atoms with E-state index in [1.165, 1.54) is 7.11 Å². The van der Waals surface area contributed by atoms with Crippen LogP contribution < -0.4 is 0 Å². The standard InChI is InChI=1S/C10H18O5S/c1-7(15-2)5-9(10(11)12)8-3-4-16(13,14)6-8/h7-9H,3-6H2,1-2H3,(H,11,12). The molecule has 0 spiro atoms. The molecule has 0 amide bonds. The summed E-state index contributed by atoms with van der Waals surface area (Å²) < 4.78 is 27.6. The maximum atomic E-state index is 11.3. The summed E-state index contributed by atoms with van der Waals surface area (Å²) in [6.45, 7) is 1.79. The lowest BCUT2D eigenvalue weighted by atomic mass is 9.87. The molecule has 16 heavy (non-hydrogen) atoms. The van der Waals surface area contributed by atoms with Crippen LogP contribution in [0.25, 0.3) is 0 Å². The summed E-state index contributed by atoms with van der Waals surface area (Å²) in [5.74, 6) is -1.69. The molecule has 3 atom stereocenters. The number of rotatable bonds is 5. The fraction of sp³-hybridized carbons (Fsp3) is 0.900. The van der Waals surface area contributed by atoms with Crippen LogP contribution in [0.1, 0.15) is 19.8 Å². The molecule has 0 aromatic rings. The topological polar surface area (TPSA) is 80.7 Å². The van der Waals surface area contributed by atoms with Crippen molar-refractivity contribution in [2.24, 2.45) is 11.8 Å². The van der Waals surface area contributed by atoms with Gasteiger partial charge in [0.25, 0.3) is 0 Å². The van der Waals surface area contributed by atoms with Gasteiger partial charge in [-0.15, -0.1) is 0 Å². The Labute approximate surface area is 95.7 Å². The number of hydrogen-bond donors (Lipinski definition) is 1. The van der Waals surface area contributed by atoms with Gasteiger partial charge in [-0.25, -0.2) is 8.42 Å². The van der Waals surface area contributed by atoms with Crippen LogP contribution in [0.3, 0.4) is 0 Å². The first-order valence-corrected chi connectivity index (χ1v) is 7.14. The van der Waals surface area contributed by atoms with Crippen molar-refractivity contribution in [1.29, 1.82) is 0 Å². The molecule has 1 fully saturated rings. The van der Waals surface area contributed by atoms with Crippen LogP contribution in [0.5, 0.6) is 0 Å². The van der Waals surface area contributed by atoms with Gasteiger partial charge in [-0.1, -0.05) is 0 Å². The van der Waals surface area contributed by atoms with Crippen LogP contribution in [0, 0.1) is 11.8 Å². The molecule has 0 aromatic carbocycles. The lowest BCUT2D eigenvalue weighted by molar-refractivity contribution is -0.144. The molecular formula is C10H18O5S. The summed E-state index contributed by atoms with van der Waals surface area (Å²) in [5, 5.41) is 9.10. The smallest absolute Gasteiger partial charge is 0.306 e. The molecular weight excluding hydrogens is 232 g/mol. The van der Waals surface area contributed by atoms with Crippen LogP contribution in [-0.4, -0.2) is 44.2 Å². The Balaban J connectivity index is 2.68. The lowest BCUT2D eigenvalue weighted by Crippen LogP contribution is -2.28. The predicted molar refractivity (Wildman–Crippen MR) is 59.0 cm³/mol. The van der Waals surface area contributed by atoms with Crippen molar-refractivity contribution in [2.75, 3.05) is 18.6 Å². The number of carbonyl (C=O) groups is 1. The summed E-state index contributed by atoms with van der Waals surface area (Å²) >= 11 is 0. The number of ether oxygens (including phenoxy) is 1. The van der Waals surface area contributed by atoms with Crippen LogP contribution in [0.2, 0.25) is 0 Å². The predicted octanol–water partition coefficient (Wildman–Crippen LogP) is 0.547. The van der Waals surface area contributed by atoms with Crippen LogP contribution in [0.4, 0.5) is 0 Å². The van der Waals surface area contributed by atoms with Gasteiger partial charge in [0.15, 0.2) is 9.84 Å². The Morgan fingerprint density at radius 3 is 2.56 bits per heavy atom. The Morgan fingerprint density at radius 2 is 2.19 bits per heavy atom. The average molecular weight is 250 g/mol.